The Balaban J connectivity index is 1.81. The first-order valence-corrected chi connectivity index (χ1v) is 11.3. The third-order valence-corrected chi connectivity index (χ3v) is 5.54. The van der Waals surface area contributed by atoms with Crippen molar-refractivity contribution in [1.82, 2.24) is 15.6 Å². The van der Waals surface area contributed by atoms with Gasteiger partial charge in [0.2, 0.25) is 5.91 Å². The number of amides is 1. The van der Waals surface area contributed by atoms with E-state index in [4.69, 9.17) is 5.26 Å². The number of aromatic nitrogens is 1. The Morgan fingerprint density at radius 3 is 1.86 bits per heavy atom. The summed E-state index contributed by atoms with van der Waals surface area (Å²) in [5, 5.41) is 13.5. The van der Waals surface area contributed by atoms with Gasteiger partial charge in [-0.15, -0.1) is 0 Å². The number of pyridine rings is 1. The lowest BCUT2D eigenvalue weighted by atomic mass is 9.97. The minimum absolute atomic E-state index is 0.0106. The van der Waals surface area contributed by atoms with Gasteiger partial charge in [0.15, 0.2) is 0 Å². The summed E-state index contributed by atoms with van der Waals surface area (Å²) in [4.78, 5) is 16.4. The smallest absolute Gasteiger partial charge is 0.342 e. The van der Waals surface area contributed by atoms with Crippen LogP contribution in [0.1, 0.15) is 31.9 Å². The largest absolute Gasteiger partial charge is 0.407 e. The van der Waals surface area contributed by atoms with E-state index in [1.807, 2.05) is 50.2 Å². The first kappa shape index (κ1) is 25.9. The van der Waals surface area contributed by atoms with Crippen LogP contribution < -0.4 is 10.6 Å². The molecule has 0 aliphatic carbocycles. The fourth-order valence-corrected chi connectivity index (χ4v) is 3.82. The monoisotopic (exact) mass is 480 g/mol. The maximum atomic E-state index is 14.0. The Morgan fingerprint density at radius 1 is 0.914 bits per heavy atom. The molecule has 1 heterocycles. The Hall–Kier alpha value is -3.70. The molecule has 8 heteroatoms. The van der Waals surface area contributed by atoms with Crippen molar-refractivity contribution in [3.63, 3.8) is 0 Å². The number of nitrogens with zero attached hydrogens (tertiary/aromatic N) is 2. The van der Waals surface area contributed by atoms with Gasteiger partial charge in [0.1, 0.15) is 12.6 Å². The van der Waals surface area contributed by atoms with Gasteiger partial charge in [0, 0.05) is 12.4 Å². The molecular weight excluding hydrogens is 453 g/mol. The van der Waals surface area contributed by atoms with Gasteiger partial charge in [-0.2, -0.15) is 18.4 Å². The lowest BCUT2D eigenvalue weighted by molar-refractivity contribution is -0.161. The van der Waals surface area contributed by atoms with Gasteiger partial charge in [-0.25, -0.2) is 0 Å². The van der Waals surface area contributed by atoms with E-state index in [0.717, 1.165) is 22.3 Å². The van der Waals surface area contributed by atoms with Gasteiger partial charge >= 0.3 is 6.18 Å². The Labute approximate surface area is 203 Å². The molecule has 35 heavy (non-hydrogen) atoms. The zero-order valence-electron chi connectivity index (χ0n) is 19.5. The molecule has 3 rings (SSSR count). The van der Waals surface area contributed by atoms with Crippen molar-refractivity contribution in [3.8, 4) is 28.3 Å². The molecule has 2 aromatic carbocycles. The molecule has 0 bridgehead atoms. The maximum absolute atomic E-state index is 14.0. The summed E-state index contributed by atoms with van der Waals surface area (Å²) < 4.78 is 42.0. The normalized spacial score (nSPS) is 13.2. The standard InChI is InChI=1S/C27H27F3N4O/c1-18(2)17-24(26(35)33-16-13-31)34-25(27(28,29)30)23-9-7-20(8-10-23)19-3-5-21(6-4-19)22-11-14-32-15-12-22/h3-12,14-15,18,24-25,34H,16-17H2,1-2H3,(H,33,35)/t24-,25?/m0/s1. The summed E-state index contributed by atoms with van der Waals surface area (Å²) in [6.45, 7) is 3.38. The number of benzene rings is 2. The second kappa shape index (κ2) is 11.6. The molecule has 2 atom stereocenters. The Kier molecular flexibility index (Phi) is 8.61. The third kappa shape index (κ3) is 7.14. The van der Waals surface area contributed by atoms with E-state index in [-0.39, 0.29) is 24.4 Å². The SMILES string of the molecule is CC(C)C[C@H](NC(c1ccc(-c2ccc(-c3ccncc3)cc2)cc1)C(F)(F)F)C(=O)NCC#N. The van der Waals surface area contributed by atoms with Gasteiger partial charge in [0.25, 0.3) is 0 Å². The van der Waals surface area contributed by atoms with Crippen molar-refractivity contribution in [2.75, 3.05) is 6.54 Å². The number of nitrogens with one attached hydrogen (secondary N) is 2. The zero-order valence-corrected chi connectivity index (χ0v) is 19.5. The van der Waals surface area contributed by atoms with Crippen LogP contribution >= 0.6 is 0 Å². The molecule has 0 radical (unpaired) electrons. The summed E-state index contributed by atoms with van der Waals surface area (Å²) in [6, 6.07) is 16.4. The minimum atomic E-state index is -4.61. The van der Waals surface area contributed by atoms with Crippen LogP contribution in [0.5, 0.6) is 0 Å². The second-order valence-corrected chi connectivity index (χ2v) is 8.63. The molecule has 0 saturated heterocycles. The van der Waals surface area contributed by atoms with Crippen molar-refractivity contribution in [1.29, 1.82) is 5.26 Å². The highest BCUT2D eigenvalue weighted by atomic mass is 19.4. The Bertz CT molecular complexity index is 1140. The van der Waals surface area contributed by atoms with Crippen LogP contribution in [0.3, 0.4) is 0 Å². The molecular formula is C27H27F3N4O. The van der Waals surface area contributed by atoms with Gasteiger partial charge in [-0.05, 0) is 52.3 Å². The van der Waals surface area contributed by atoms with Crippen molar-refractivity contribution < 1.29 is 18.0 Å². The first-order chi connectivity index (χ1) is 16.7. The van der Waals surface area contributed by atoms with Crippen molar-refractivity contribution in [3.05, 3.63) is 78.6 Å². The van der Waals surface area contributed by atoms with Gasteiger partial charge < -0.3 is 5.32 Å². The molecule has 0 aliphatic rings. The number of nitriles is 1. The molecule has 182 valence electrons. The number of hydrogen-bond donors (Lipinski definition) is 2. The van der Waals surface area contributed by atoms with Crippen LogP contribution in [0.25, 0.3) is 22.3 Å². The number of carbonyl (C=O) groups excluding carboxylic acids is 1. The molecule has 1 unspecified atom stereocenters. The van der Waals surface area contributed by atoms with Crippen LogP contribution in [-0.2, 0) is 4.79 Å². The lowest BCUT2D eigenvalue weighted by Gasteiger charge is -2.28. The maximum Gasteiger partial charge on any atom is 0.407 e. The predicted octanol–water partition coefficient (Wildman–Crippen LogP) is 5.66. The van der Waals surface area contributed by atoms with E-state index in [9.17, 15) is 18.0 Å². The summed E-state index contributed by atoms with van der Waals surface area (Å²) in [7, 11) is 0. The van der Waals surface area contributed by atoms with E-state index >= 15 is 0 Å². The van der Waals surface area contributed by atoms with E-state index in [1.54, 1.807) is 30.6 Å². The molecule has 0 saturated carbocycles. The summed E-state index contributed by atoms with van der Waals surface area (Å²) in [5.41, 5.74) is 3.70. The van der Waals surface area contributed by atoms with Crippen LogP contribution in [0.4, 0.5) is 13.2 Å². The molecule has 2 N–H and O–H groups in total. The average Bonchev–Trinajstić information content (AvgIpc) is 2.85. The van der Waals surface area contributed by atoms with Crippen LogP contribution in [0.2, 0.25) is 0 Å². The summed E-state index contributed by atoms with van der Waals surface area (Å²) in [5.74, 6) is -0.646. The van der Waals surface area contributed by atoms with E-state index in [2.05, 4.69) is 15.6 Å². The summed E-state index contributed by atoms with van der Waals surface area (Å²) >= 11 is 0. The molecule has 0 spiro atoms. The fraction of sp³-hybridized carbons (Fsp3) is 0.296. The van der Waals surface area contributed by atoms with Crippen molar-refractivity contribution in [2.45, 2.75) is 38.5 Å². The summed E-state index contributed by atoms with van der Waals surface area (Å²) in [6.07, 6.45) is -0.984. The van der Waals surface area contributed by atoms with Gasteiger partial charge in [-0.1, -0.05) is 62.4 Å². The molecule has 5 nitrogen and oxygen atoms in total. The van der Waals surface area contributed by atoms with Gasteiger partial charge in [-0.3, -0.25) is 15.1 Å². The molecule has 1 aromatic heterocycles. The number of hydrogen-bond acceptors (Lipinski definition) is 4. The zero-order chi connectivity index (χ0) is 25.4. The highest BCUT2D eigenvalue weighted by molar-refractivity contribution is 5.82. The lowest BCUT2D eigenvalue weighted by Crippen LogP contribution is -2.49. The van der Waals surface area contributed by atoms with Crippen LogP contribution in [0, 0.1) is 17.2 Å². The molecule has 1 amide bonds. The number of alkyl halides is 3. The van der Waals surface area contributed by atoms with E-state index in [0.29, 0.717) is 0 Å². The van der Waals surface area contributed by atoms with E-state index < -0.39 is 24.2 Å². The van der Waals surface area contributed by atoms with Crippen molar-refractivity contribution in [2.24, 2.45) is 5.92 Å². The fourth-order valence-electron chi connectivity index (χ4n) is 3.82. The third-order valence-electron chi connectivity index (χ3n) is 5.54. The van der Waals surface area contributed by atoms with Crippen LogP contribution in [-0.4, -0.2) is 29.7 Å². The van der Waals surface area contributed by atoms with Crippen molar-refractivity contribution >= 4 is 5.91 Å². The minimum Gasteiger partial charge on any atom is -0.342 e. The highest BCUT2D eigenvalue weighted by Crippen LogP contribution is 2.35. The van der Waals surface area contributed by atoms with Crippen LogP contribution in [0.15, 0.2) is 73.1 Å². The predicted molar refractivity (Wildman–Crippen MR) is 129 cm³/mol. The molecule has 0 aliphatic heterocycles. The number of rotatable bonds is 9. The van der Waals surface area contributed by atoms with E-state index in [1.165, 1.54) is 12.1 Å². The average molecular weight is 481 g/mol. The first-order valence-electron chi connectivity index (χ1n) is 11.3. The second-order valence-electron chi connectivity index (χ2n) is 8.63. The number of halogens is 3. The molecule has 0 fully saturated rings. The van der Waals surface area contributed by atoms with Gasteiger partial charge in [0.05, 0.1) is 12.1 Å². The topological polar surface area (TPSA) is 77.8 Å². The quantitative estimate of drug-likeness (QED) is 0.387. The highest BCUT2D eigenvalue weighted by Gasteiger charge is 2.42. The Morgan fingerprint density at radius 2 is 1.40 bits per heavy atom. The number of carbonyl (C=O) groups is 1. The molecule has 3 aromatic rings.